The van der Waals surface area contributed by atoms with Crippen LogP contribution in [0.25, 0.3) is 0 Å². The molecule has 1 heterocycles. The van der Waals surface area contributed by atoms with Crippen LogP contribution in [0.4, 0.5) is 4.39 Å². The first-order valence-electron chi connectivity index (χ1n) is 6.75. The normalized spacial score (nSPS) is 11.3. The summed E-state index contributed by atoms with van der Waals surface area (Å²) in [6.07, 6.45) is 0. The number of hydrogen-bond donors (Lipinski definition) is 1. The molecule has 0 atom stereocenters. The molecule has 0 fully saturated rings. The van der Waals surface area contributed by atoms with E-state index in [2.05, 4.69) is 24.8 Å². The molecule has 112 valence electrons. The van der Waals surface area contributed by atoms with Crippen molar-refractivity contribution in [3.8, 4) is 0 Å². The van der Waals surface area contributed by atoms with Gasteiger partial charge in [-0.05, 0) is 43.0 Å². The smallest absolute Gasteiger partial charge is 0.338 e. The molecule has 0 aliphatic heterocycles. The van der Waals surface area contributed by atoms with Crippen LogP contribution < -0.4 is 0 Å². The molecule has 1 aromatic heterocycles. The number of carboxylic acids is 1. The molecule has 0 saturated heterocycles. The van der Waals surface area contributed by atoms with Crippen LogP contribution in [0.5, 0.6) is 0 Å². The van der Waals surface area contributed by atoms with Crippen molar-refractivity contribution in [2.24, 2.45) is 0 Å². The molecule has 0 radical (unpaired) electrons. The number of rotatable bonds is 6. The summed E-state index contributed by atoms with van der Waals surface area (Å²) in [5.74, 6) is -1.93. The molecule has 5 heteroatoms. The number of nitrogens with zero attached hydrogens (tertiary/aromatic N) is 1. The van der Waals surface area contributed by atoms with Crippen LogP contribution >= 0.6 is 11.3 Å². The highest BCUT2D eigenvalue weighted by molar-refractivity contribution is 7.09. The van der Waals surface area contributed by atoms with Crippen molar-refractivity contribution in [1.29, 1.82) is 0 Å². The fraction of sp³-hybridized carbons (Fsp3) is 0.312. The lowest BCUT2D eigenvalue weighted by atomic mass is 10.1. The lowest BCUT2D eigenvalue weighted by molar-refractivity contribution is 0.0691. The van der Waals surface area contributed by atoms with Crippen LogP contribution in [0.1, 0.15) is 34.6 Å². The molecule has 2 aromatic rings. The predicted octanol–water partition coefficient (Wildman–Crippen LogP) is 4.00. The summed E-state index contributed by atoms with van der Waals surface area (Å²) < 4.78 is 13.4. The molecule has 0 amide bonds. The van der Waals surface area contributed by atoms with Gasteiger partial charge in [-0.25, -0.2) is 9.18 Å². The number of aromatic carboxylic acids is 1. The van der Waals surface area contributed by atoms with Gasteiger partial charge >= 0.3 is 5.97 Å². The van der Waals surface area contributed by atoms with Gasteiger partial charge in [0.25, 0.3) is 0 Å². The maximum atomic E-state index is 13.4. The molecule has 0 bridgehead atoms. The number of carboxylic acid groups (broad SMARTS) is 1. The van der Waals surface area contributed by atoms with Gasteiger partial charge in [-0.2, -0.15) is 0 Å². The molecule has 0 aliphatic rings. The highest BCUT2D eigenvalue weighted by Gasteiger charge is 2.15. The summed E-state index contributed by atoms with van der Waals surface area (Å²) in [7, 11) is 0. The Morgan fingerprint density at radius 2 is 2.10 bits per heavy atom. The van der Waals surface area contributed by atoms with E-state index < -0.39 is 11.8 Å². The third-order valence-corrected chi connectivity index (χ3v) is 4.18. The van der Waals surface area contributed by atoms with E-state index in [0.717, 1.165) is 12.1 Å². The summed E-state index contributed by atoms with van der Waals surface area (Å²) in [5, 5.41) is 11.0. The van der Waals surface area contributed by atoms with Crippen LogP contribution in [0.2, 0.25) is 0 Å². The second kappa shape index (κ2) is 6.83. The maximum Gasteiger partial charge on any atom is 0.338 e. The largest absolute Gasteiger partial charge is 0.478 e. The first-order chi connectivity index (χ1) is 9.97. The second-order valence-electron chi connectivity index (χ2n) is 5.20. The Morgan fingerprint density at radius 1 is 1.33 bits per heavy atom. The zero-order valence-corrected chi connectivity index (χ0v) is 12.9. The van der Waals surface area contributed by atoms with Crippen LogP contribution in [-0.4, -0.2) is 22.0 Å². The molecular formula is C16H18FNO2S. The standard InChI is InChI=1S/C16H18FNO2S/c1-11(2)18(10-13-4-3-7-21-13)9-12-5-6-15(17)14(8-12)16(19)20/h3-8,11H,9-10H2,1-2H3,(H,19,20). The number of hydrogen-bond acceptors (Lipinski definition) is 3. The van der Waals surface area contributed by atoms with Crippen LogP contribution in [-0.2, 0) is 13.1 Å². The molecule has 0 spiro atoms. The molecule has 0 aliphatic carbocycles. The quantitative estimate of drug-likeness (QED) is 0.877. The number of thiophene rings is 1. The van der Waals surface area contributed by atoms with Crippen molar-refractivity contribution in [2.75, 3.05) is 0 Å². The van der Waals surface area contributed by atoms with E-state index in [-0.39, 0.29) is 5.56 Å². The van der Waals surface area contributed by atoms with E-state index in [0.29, 0.717) is 12.6 Å². The van der Waals surface area contributed by atoms with Gasteiger partial charge in [0, 0.05) is 24.0 Å². The molecule has 0 unspecified atom stereocenters. The molecule has 3 nitrogen and oxygen atoms in total. The van der Waals surface area contributed by atoms with E-state index in [4.69, 9.17) is 5.11 Å². The molecule has 21 heavy (non-hydrogen) atoms. The molecule has 2 rings (SSSR count). The van der Waals surface area contributed by atoms with Crippen molar-refractivity contribution in [1.82, 2.24) is 4.90 Å². The number of benzene rings is 1. The van der Waals surface area contributed by atoms with Gasteiger partial charge in [0.2, 0.25) is 0 Å². The van der Waals surface area contributed by atoms with Gasteiger partial charge in [0.05, 0.1) is 5.56 Å². The van der Waals surface area contributed by atoms with E-state index >= 15 is 0 Å². The summed E-state index contributed by atoms with van der Waals surface area (Å²) in [5.41, 5.74) is 0.534. The van der Waals surface area contributed by atoms with E-state index in [1.165, 1.54) is 17.0 Å². The van der Waals surface area contributed by atoms with Gasteiger partial charge in [-0.1, -0.05) is 12.1 Å². The summed E-state index contributed by atoms with van der Waals surface area (Å²) in [6.45, 7) is 5.58. The van der Waals surface area contributed by atoms with Gasteiger partial charge < -0.3 is 5.11 Å². The van der Waals surface area contributed by atoms with Gasteiger partial charge in [-0.15, -0.1) is 11.3 Å². The maximum absolute atomic E-state index is 13.4. The lowest BCUT2D eigenvalue weighted by Crippen LogP contribution is -2.29. The summed E-state index contributed by atoms with van der Waals surface area (Å²) in [4.78, 5) is 14.5. The monoisotopic (exact) mass is 307 g/mol. The molecule has 1 N–H and O–H groups in total. The van der Waals surface area contributed by atoms with Crippen molar-refractivity contribution in [2.45, 2.75) is 33.0 Å². The van der Waals surface area contributed by atoms with Crippen molar-refractivity contribution in [3.63, 3.8) is 0 Å². The fourth-order valence-corrected chi connectivity index (χ4v) is 2.82. The number of carbonyl (C=O) groups is 1. The van der Waals surface area contributed by atoms with Crippen LogP contribution in [0.3, 0.4) is 0 Å². The Labute approximate surface area is 127 Å². The van der Waals surface area contributed by atoms with E-state index in [9.17, 15) is 9.18 Å². The van der Waals surface area contributed by atoms with Crippen molar-refractivity contribution >= 4 is 17.3 Å². The SMILES string of the molecule is CC(C)N(Cc1ccc(F)c(C(=O)O)c1)Cc1cccs1. The van der Waals surface area contributed by atoms with Gasteiger partial charge in [-0.3, -0.25) is 4.90 Å². The van der Waals surface area contributed by atoms with Crippen LogP contribution in [0, 0.1) is 5.82 Å². The minimum Gasteiger partial charge on any atom is -0.478 e. The molecule has 1 aromatic carbocycles. The highest BCUT2D eigenvalue weighted by Crippen LogP contribution is 2.18. The second-order valence-corrected chi connectivity index (χ2v) is 6.23. The van der Waals surface area contributed by atoms with Crippen molar-refractivity contribution < 1.29 is 14.3 Å². The van der Waals surface area contributed by atoms with Crippen molar-refractivity contribution in [3.05, 3.63) is 57.5 Å². The Kier molecular flexibility index (Phi) is 5.09. The average Bonchev–Trinajstić information content (AvgIpc) is 2.92. The number of halogens is 1. The van der Waals surface area contributed by atoms with E-state index in [1.807, 2.05) is 11.4 Å². The van der Waals surface area contributed by atoms with Crippen LogP contribution in [0.15, 0.2) is 35.7 Å². The highest BCUT2D eigenvalue weighted by atomic mass is 32.1. The summed E-state index contributed by atoms with van der Waals surface area (Å²) >= 11 is 1.69. The first-order valence-corrected chi connectivity index (χ1v) is 7.63. The Morgan fingerprint density at radius 3 is 2.67 bits per heavy atom. The minimum absolute atomic E-state index is 0.271. The Balaban J connectivity index is 2.17. The summed E-state index contributed by atoms with van der Waals surface area (Å²) in [6, 6.07) is 8.69. The minimum atomic E-state index is -1.23. The Bertz CT molecular complexity index is 611. The third kappa shape index (κ3) is 4.12. The average molecular weight is 307 g/mol. The first kappa shape index (κ1) is 15.7. The fourth-order valence-electron chi connectivity index (χ4n) is 2.09. The topological polar surface area (TPSA) is 40.5 Å². The Hall–Kier alpha value is -1.72. The zero-order chi connectivity index (χ0) is 15.4. The predicted molar refractivity (Wildman–Crippen MR) is 82.1 cm³/mol. The van der Waals surface area contributed by atoms with Gasteiger partial charge in [0.15, 0.2) is 0 Å². The zero-order valence-electron chi connectivity index (χ0n) is 12.0. The third-order valence-electron chi connectivity index (χ3n) is 3.32. The molecular weight excluding hydrogens is 289 g/mol. The molecule has 0 saturated carbocycles. The lowest BCUT2D eigenvalue weighted by Gasteiger charge is -2.26. The van der Waals surface area contributed by atoms with Gasteiger partial charge in [0.1, 0.15) is 5.82 Å². The van der Waals surface area contributed by atoms with E-state index in [1.54, 1.807) is 17.4 Å².